The van der Waals surface area contributed by atoms with Gasteiger partial charge in [0.1, 0.15) is 11.2 Å². The van der Waals surface area contributed by atoms with Crippen LogP contribution in [0.15, 0.2) is 53.4 Å². The molecule has 2 N–H and O–H groups in total. The van der Waals surface area contributed by atoms with Gasteiger partial charge in [0.2, 0.25) is 0 Å². The van der Waals surface area contributed by atoms with Crippen molar-refractivity contribution < 1.29 is 14.7 Å². The Morgan fingerprint density at radius 2 is 1.74 bits per heavy atom. The number of carbonyl (C=O) groups excluding carboxylic acids is 2. The van der Waals surface area contributed by atoms with E-state index in [1.165, 1.54) is 36.2 Å². The van der Waals surface area contributed by atoms with Crippen LogP contribution < -0.4 is 10.2 Å². The van der Waals surface area contributed by atoms with Crippen LogP contribution in [0.4, 0.5) is 11.4 Å². The fraction of sp³-hybridized carbons (Fsp3) is 0.0625. The van der Waals surface area contributed by atoms with Crippen molar-refractivity contribution in [1.82, 2.24) is 0 Å². The largest absolute Gasteiger partial charge is 0.508 e. The maximum absolute atomic E-state index is 12.1. The first-order valence-corrected chi connectivity index (χ1v) is 7.37. The van der Waals surface area contributed by atoms with Crippen LogP contribution in [0.5, 0.6) is 5.75 Å². The molecule has 116 valence electrons. The number of thioether (sulfide) groups is 1. The van der Waals surface area contributed by atoms with Gasteiger partial charge in [-0.05, 0) is 60.3 Å². The van der Waals surface area contributed by atoms with Gasteiger partial charge < -0.3 is 15.3 Å². The van der Waals surface area contributed by atoms with E-state index in [2.05, 4.69) is 5.32 Å². The Kier molecular flexibility index (Phi) is 5.23. The van der Waals surface area contributed by atoms with Crippen LogP contribution in [0.1, 0.15) is 0 Å². The minimum atomic E-state index is -0.777. The zero-order valence-corrected chi connectivity index (χ0v) is 13.0. The second-order valence-electron chi connectivity index (χ2n) is 4.55. The molecule has 0 bridgehead atoms. The summed E-state index contributed by atoms with van der Waals surface area (Å²) >= 11 is 1.01. The molecule has 0 heterocycles. The second kappa shape index (κ2) is 7.33. The van der Waals surface area contributed by atoms with Gasteiger partial charge >= 0.3 is 11.8 Å². The lowest BCUT2D eigenvalue weighted by atomic mass is 10.2. The van der Waals surface area contributed by atoms with Crippen molar-refractivity contribution in [1.29, 1.82) is 5.26 Å². The quantitative estimate of drug-likeness (QED) is 0.513. The predicted molar refractivity (Wildman–Crippen MR) is 88.1 cm³/mol. The number of phenols is 1. The van der Waals surface area contributed by atoms with Crippen molar-refractivity contribution in [2.24, 2.45) is 0 Å². The molecule has 0 aliphatic rings. The molecular weight excluding hydrogens is 314 g/mol. The van der Waals surface area contributed by atoms with Gasteiger partial charge in [-0.3, -0.25) is 9.59 Å². The van der Waals surface area contributed by atoms with Crippen LogP contribution in [0.2, 0.25) is 0 Å². The van der Waals surface area contributed by atoms with Gasteiger partial charge in [-0.1, -0.05) is 0 Å². The lowest BCUT2D eigenvalue weighted by Gasteiger charge is -2.16. The summed E-state index contributed by atoms with van der Waals surface area (Å²) in [6.07, 6.45) is 0. The van der Waals surface area contributed by atoms with Crippen LogP contribution >= 0.6 is 11.8 Å². The Labute approximate surface area is 137 Å². The molecule has 0 aliphatic heterocycles. The van der Waals surface area contributed by atoms with Crippen LogP contribution in [0.25, 0.3) is 0 Å². The molecule has 2 amide bonds. The van der Waals surface area contributed by atoms with Gasteiger partial charge in [0.15, 0.2) is 0 Å². The molecule has 23 heavy (non-hydrogen) atoms. The first kappa shape index (κ1) is 16.4. The number of benzene rings is 2. The van der Waals surface area contributed by atoms with Crippen LogP contribution in [-0.2, 0) is 9.59 Å². The minimum absolute atomic E-state index is 0.0781. The van der Waals surface area contributed by atoms with Gasteiger partial charge in [-0.25, -0.2) is 0 Å². The average molecular weight is 327 g/mol. The summed E-state index contributed by atoms with van der Waals surface area (Å²) in [5, 5.41) is 22.3. The normalized spacial score (nSPS) is 9.74. The van der Waals surface area contributed by atoms with Crippen molar-refractivity contribution in [2.45, 2.75) is 4.90 Å². The lowest BCUT2D eigenvalue weighted by Crippen LogP contribution is -2.37. The van der Waals surface area contributed by atoms with E-state index in [0.29, 0.717) is 11.4 Å². The fourth-order valence-corrected chi connectivity index (χ4v) is 2.17. The van der Waals surface area contributed by atoms with Crippen LogP contribution in [-0.4, -0.2) is 24.0 Å². The third kappa shape index (κ3) is 4.25. The van der Waals surface area contributed by atoms with E-state index in [9.17, 15) is 14.7 Å². The molecule has 0 radical (unpaired) electrons. The molecule has 0 fully saturated rings. The number of rotatable bonds is 3. The number of nitrogens with one attached hydrogen (secondary N) is 1. The average Bonchev–Trinajstić information content (AvgIpc) is 2.56. The van der Waals surface area contributed by atoms with Crippen molar-refractivity contribution in [3.05, 3.63) is 48.5 Å². The molecule has 0 atom stereocenters. The van der Waals surface area contributed by atoms with E-state index in [1.54, 1.807) is 24.3 Å². The molecule has 2 rings (SSSR count). The number of amides is 2. The molecule has 2 aromatic rings. The summed E-state index contributed by atoms with van der Waals surface area (Å²) in [4.78, 5) is 26.0. The number of phenolic OH excluding ortho intramolecular Hbond substituents is 1. The Morgan fingerprint density at radius 3 is 2.30 bits per heavy atom. The van der Waals surface area contributed by atoms with E-state index >= 15 is 0 Å². The van der Waals surface area contributed by atoms with E-state index in [0.717, 1.165) is 16.7 Å². The molecule has 0 saturated heterocycles. The lowest BCUT2D eigenvalue weighted by molar-refractivity contribution is -0.134. The summed E-state index contributed by atoms with van der Waals surface area (Å²) in [6.45, 7) is 0. The number of anilines is 2. The highest BCUT2D eigenvalue weighted by Gasteiger charge is 2.20. The van der Waals surface area contributed by atoms with Crippen LogP contribution in [0.3, 0.4) is 0 Å². The Balaban J connectivity index is 2.03. The number of hydrogen-bond acceptors (Lipinski definition) is 5. The van der Waals surface area contributed by atoms with E-state index in [4.69, 9.17) is 5.26 Å². The molecule has 2 aromatic carbocycles. The zero-order valence-electron chi connectivity index (χ0n) is 12.2. The van der Waals surface area contributed by atoms with Gasteiger partial charge in [-0.2, -0.15) is 5.26 Å². The van der Waals surface area contributed by atoms with E-state index < -0.39 is 11.8 Å². The molecule has 6 nitrogen and oxygen atoms in total. The maximum Gasteiger partial charge on any atom is 0.316 e. The topological polar surface area (TPSA) is 93.4 Å². The van der Waals surface area contributed by atoms with Crippen molar-refractivity contribution in [3.8, 4) is 11.2 Å². The summed E-state index contributed by atoms with van der Waals surface area (Å²) in [6, 6.07) is 12.5. The number of carbonyl (C=O) groups is 2. The summed E-state index contributed by atoms with van der Waals surface area (Å²) in [5.41, 5.74) is 0.952. The number of aromatic hydroxyl groups is 1. The highest BCUT2D eigenvalue weighted by molar-refractivity contribution is 8.03. The standard InChI is InChI=1S/C16H13N3O3S/c1-19(12-4-6-13(20)7-5-12)16(22)15(21)18-11-2-8-14(9-3-11)23-10-17/h2-9,20H,1H3,(H,18,21). The van der Waals surface area contributed by atoms with Crippen LogP contribution in [0, 0.1) is 10.7 Å². The number of hydrogen-bond donors (Lipinski definition) is 2. The number of thiocyanates is 1. The Bertz CT molecular complexity index is 752. The first-order valence-electron chi connectivity index (χ1n) is 6.55. The van der Waals surface area contributed by atoms with E-state index in [-0.39, 0.29) is 5.75 Å². The monoisotopic (exact) mass is 327 g/mol. The number of nitriles is 1. The first-order chi connectivity index (χ1) is 11.0. The SMILES string of the molecule is CN(C(=O)C(=O)Nc1ccc(SC#N)cc1)c1ccc(O)cc1. The minimum Gasteiger partial charge on any atom is -0.508 e. The maximum atomic E-state index is 12.1. The number of nitrogens with zero attached hydrogens (tertiary/aromatic N) is 2. The Morgan fingerprint density at radius 1 is 1.13 bits per heavy atom. The highest BCUT2D eigenvalue weighted by atomic mass is 32.2. The molecule has 0 aromatic heterocycles. The van der Waals surface area contributed by atoms with Crippen molar-refractivity contribution in [2.75, 3.05) is 17.3 Å². The van der Waals surface area contributed by atoms with E-state index in [1.807, 2.05) is 5.40 Å². The third-order valence-electron chi connectivity index (χ3n) is 3.01. The zero-order chi connectivity index (χ0) is 16.8. The smallest absolute Gasteiger partial charge is 0.316 e. The molecule has 0 aliphatic carbocycles. The fourth-order valence-electron chi connectivity index (χ4n) is 1.79. The van der Waals surface area contributed by atoms with Gasteiger partial charge in [-0.15, -0.1) is 0 Å². The third-order valence-corrected chi connectivity index (χ3v) is 3.61. The summed E-state index contributed by atoms with van der Waals surface area (Å²) in [7, 11) is 1.47. The van der Waals surface area contributed by atoms with Crippen molar-refractivity contribution in [3.63, 3.8) is 0 Å². The van der Waals surface area contributed by atoms with Gasteiger partial charge in [0.05, 0.1) is 0 Å². The molecular formula is C16H13N3O3S. The summed E-state index contributed by atoms with van der Waals surface area (Å²) < 4.78 is 0. The number of likely N-dealkylation sites (N-methyl/N-ethyl adjacent to an activating group) is 1. The molecule has 0 spiro atoms. The molecule has 0 saturated carbocycles. The second-order valence-corrected chi connectivity index (χ2v) is 5.41. The highest BCUT2D eigenvalue weighted by Crippen LogP contribution is 2.20. The van der Waals surface area contributed by atoms with Gasteiger partial charge in [0.25, 0.3) is 0 Å². The molecule has 0 unspecified atom stereocenters. The van der Waals surface area contributed by atoms with Gasteiger partial charge in [0, 0.05) is 23.3 Å². The van der Waals surface area contributed by atoms with Crippen molar-refractivity contribution >= 4 is 35.0 Å². The Hall–Kier alpha value is -2.98. The molecule has 7 heteroatoms. The predicted octanol–water partition coefficient (Wildman–Crippen LogP) is 2.57. The summed E-state index contributed by atoms with van der Waals surface area (Å²) in [5.74, 6) is -1.43.